The molecular weight excluding hydrogens is 338 g/mol. The van der Waals surface area contributed by atoms with Crippen molar-refractivity contribution in [2.45, 2.75) is 18.4 Å². The van der Waals surface area contributed by atoms with E-state index in [1.54, 1.807) is 23.0 Å². The zero-order valence-electron chi connectivity index (χ0n) is 13.6. The Morgan fingerprint density at radius 1 is 1.12 bits per heavy atom. The normalized spacial score (nSPS) is 11.2. The number of hydrogen-bond donors (Lipinski definition) is 1. The van der Waals surface area contributed by atoms with Crippen LogP contribution in [0.4, 0.5) is 5.69 Å². The second-order valence-corrected chi connectivity index (χ2v) is 7.28. The van der Waals surface area contributed by atoms with Crippen molar-refractivity contribution < 1.29 is 13.2 Å². The van der Waals surface area contributed by atoms with E-state index in [4.69, 9.17) is 0 Å². The summed E-state index contributed by atoms with van der Waals surface area (Å²) in [5, 5.41) is 4.17. The summed E-state index contributed by atoms with van der Waals surface area (Å²) in [4.78, 5) is 11.5. The van der Waals surface area contributed by atoms with Crippen molar-refractivity contribution in [1.82, 2.24) is 9.78 Å². The van der Waals surface area contributed by atoms with Crippen molar-refractivity contribution in [3.8, 4) is 0 Å². The van der Waals surface area contributed by atoms with E-state index >= 15 is 0 Å². The van der Waals surface area contributed by atoms with Crippen LogP contribution in [0.5, 0.6) is 0 Å². The maximum atomic E-state index is 12.5. The number of aromatic nitrogens is 2. The molecule has 3 rings (SSSR count). The monoisotopic (exact) mass is 355 g/mol. The van der Waals surface area contributed by atoms with Gasteiger partial charge in [-0.3, -0.25) is 14.2 Å². The first-order chi connectivity index (χ1) is 11.9. The number of carbonyl (C=O) groups excluding carboxylic acids is 1. The number of hydrogen-bond acceptors (Lipinski definition) is 4. The smallest absolute Gasteiger partial charge is 0.262 e. The topological polar surface area (TPSA) is 81.1 Å². The van der Waals surface area contributed by atoms with Crippen LogP contribution >= 0.6 is 0 Å². The van der Waals surface area contributed by atoms with Crippen molar-refractivity contribution >= 4 is 21.5 Å². The number of rotatable bonds is 6. The molecule has 0 aliphatic rings. The summed E-state index contributed by atoms with van der Waals surface area (Å²) in [5.74, 6) is -0.187. The molecule has 0 atom stereocenters. The van der Waals surface area contributed by atoms with Crippen molar-refractivity contribution in [3.05, 3.63) is 78.1 Å². The quantitative estimate of drug-likeness (QED) is 0.689. The van der Waals surface area contributed by atoms with Gasteiger partial charge in [0.15, 0.2) is 5.78 Å². The minimum Gasteiger partial charge on any atom is -0.295 e. The van der Waals surface area contributed by atoms with Gasteiger partial charge in [-0.25, -0.2) is 8.42 Å². The third-order valence-electron chi connectivity index (χ3n) is 3.62. The molecule has 1 N–H and O–H groups in total. The van der Waals surface area contributed by atoms with Crippen LogP contribution in [-0.4, -0.2) is 24.0 Å². The zero-order valence-corrected chi connectivity index (χ0v) is 14.4. The Hall–Kier alpha value is -2.93. The van der Waals surface area contributed by atoms with E-state index in [0.717, 1.165) is 5.56 Å². The SMILES string of the molecule is CC(=O)c1cccc(S(=O)(=O)Nc2cnn(Cc3ccccc3)c2)c1. The Bertz CT molecular complexity index is 995. The lowest BCUT2D eigenvalue weighted by atomic mass is 10.2. The van der Waals surface area contributed by atoms with Crippen LogP contribution < -0.4 is 4.72 Å². The summed E-state index contributed by atoms with van der Waals surface area (Å²) < 4.78 is 29.1. The van der Waals surface area contributed by atoms with Gasteiger partial charge in [0.2, 0.25) is 0 Å². The maximum Gasteiger partial charge on any atom is 0.262 e. The molecule has 0 saturated carbocycles. The summed E-state index contributed by atoms with van der Waals surface area (Å²) in [6, 6.07) is 15.7. The van der Waals surface area contributed by atoms with Gasteiger partial charge in [-0.05, 0) is 24.6 Å². The summed E-state index contributed by atoms with van der Waals surface area (Å²) in [7, 11) is -3.78. The highest BCUT2D eigenvalue weighted by molar-refractivity contribution is 7.92. The molecule has 0 fully saturated rings. The second-order valence-electron chi connectivity index (χ2n) is 5.60. The average Bonchev–Trinajstić information content (AvgIpc) is 3.02. The molecule has 0 saturated heterocycles. The Labute approximate surface area is 146 Å². The Morgan fingerprint density at radius 3 is 2.60 bits per heavy atom. The fraction of sp³-hybridized carbons (Fsp3) is 0.111. The van der Waals surface area contributed by atoms with Crippen LogP contribution in [0.1, 0.15) is 22.8 Å². The summed E-state index contributed by atoms with van der Waals surface area (Å²) in [6.07, 6.45) is 3.08. The van der Waals surface area contributed by atoms with E-state index in [1.807, 2.05) is 30.3 Å². The molecule has 0 aliphatic carbocycles. The first-order valence-corrected chi connectivity index (χ1v) is 9.12. The second kappa shape index (κ2) is 6.90. The van der Waals surface area contributed by atoms with Crippen molar-refractivity contribution in [3.63, 3.8) is 0 Å². The molecular formula is C18H17N3O3S. The molecule has 0 radical (unpaired) electrons. The summed E-state index contributed by atoms with van der Waals surface area (Å²) in [6.45, 7) is 1.94. The third kappa shape index (κ3) is 4.13. The number of benzene rings is 2. The van der Waals surface area contributed by atoms with Gasteiger partial charge in [0.1, 0.15) is 0 Å². The molecule has 0 amide bonds. The van der Waals surface area contributed by atoms with Gasteiger partial charge in [-0.2, -0.15) is 5.10 Å². The number of carbonyl (C=O) groups is 1. The average molecular weight is 355 g/mol. The molecule has 3 aromatic rings. The predicted molar refractivity (Wildman–Crippen MR) is 95.0 cm³/mol. The van der Waals surface area contributed by atoms with E-state index < -0.39 is 10.0 Å². The number of Topliss-reactive ketones (excluding diaryl/α,β-unsaturated/α-hetero) is 1. The number of nitrogens with zero attached hydrogens (tertiary/aromatic N) is 2. The van der Waals surface area contributed by atoms with Crippen LogP contribution in [0.3, 0.4) is 0 Å². The highest BCUT2D eigenvalue weighted by atomic mass is 32.2. The molecule has 1 aromatic heterocycles. The van der Waals surface area contributed by atoms with Crippen LogP contribution in [0.15, 0.2) is 71.9 Å². The lowest BCUT2D eigenvalue weighted by Gasteiger charge is -2.07. The van der Waals surface area contributed by atoms with Gasteiger partial charge in [-0.15, -0.1) is 0 Å². The Kier molecular flexibility index (Phi) is 4.67. The van der Waals surface area contributed by atoms with Crippen LogP contribution in [0.2, 0.25) is 0 Å². The standard InChI is InChI=1S/C18H17N3O3S/c1-14(22)16-8-5-9-18(10-16)25(23,24)20-17-11-19-21(13-17)12-15-6-3-2-4-7-15/h2-11,13,20H,12H2,1H3. The number of anilines is 1. The summed E-state index contributed by atoms with van der Waals surface area (Å²) in [5.41, 5.74) is 1.78. The zero-order chi connectivity index (χ0) is 17.9. The minimum atomic E-state index is -3.78. The molecule has 0 bridgehead atoms. The van der Waals surface area contributed by atoms with E-state index in [9.17, 15) is 13.2 Å². The van der Waals surface area contributed by atoms with Crippen LogP contribution in [-0.2, 0) is 16.6 Å². The minimum absolute atomic E-state index is 0.0380. The van der Waals surface area contributed by atoms with Gasteiger partial charge in [-0.1, -0.05) is 42.5 Å². The molecule has 7 heteroatoms. The van der Waals surface area contributed by atoms with Gasteiger partial charge in [0, 0.05) is 11.8 Å². The maximum absolute atomic E-state index is 12.5. The predicted octanol–water partition coefficient (Wildman–Crippen LogP) is 2.93. The van der Waals surface area contributed by atoms with E-state index in [0.29, 0.717) is 17.8 Å². The molecule has 25 heavy (non-hydrogen) atoms. The molecule has 0 aliphatic heterocycles. The van der Waals surface area contributed by atoms with E-state index in [2.05, 4.69) is 9.82 Å². The Balaban J connectivity index is 1.78. The number of ketones is 1. The van der Waals surface area contributed by atoms with Crippen LogP contribution in [0.25, 0.3) is 0 Å². The third-order valence-corrected chi connectivity index (χ3v) is 5.00. The molecule has 2 aromatic carbocycles. The summed E-state index contributed by atoms with van der Waals surface area (Å²) >= 11 is 0. The first-order valence-electron chi connectivity index (χ1n) is 7.64. The van der Waals surface area contributed by atoms with Gasteiger partial charge in [0.05, 0.1) is 23.3 Å². The highest BCUT2D eigenvalue weighted by Crippen LogP contribution is 2.17. The molecule has 6 nitrogen and oxygen atoms in total. The fourth-order valence-electron chi connectivity index (χ4n) is 2.37. The molecule has 128 valence electrons. The molecule has 1 heterocycles. The molecule has 0 spiro atoms. The fourth-order valence-corrected chi connectivity index (χ4v) is 3.44. The largest absolute Gasteiger partial charge is 0.295 e. The number of sulfonamides is 1. The van der Waals surface area contributed by atoms with E-state index in [-0.39, 0.29) is 10.7 Å². The van der Waals surface area contributed by atoms with Gasteiger partial charge in [0.25, 0.3) is 10.0 Å². The molecule has 0 unspecified atom stereocenters. The highest BCUT2D eigenvalue weighted by Gasteiger charge is 2.16. The lowest BCUT2D eigenvalue weighted by Crippen LogP contribution is -2.13. The van der Waals surface area contributed by atoms with Gasteiger partial charge < -0.3 is 0 Å². The first kappa shape index (κ1) is 16.9. The number of nitrogens with one attached hydrogen (secondary N) is 1. The van der Waals surface area contributed by atoms with Crippen molar-refractivity contribution in [1.29, 1.82) is 0 Å². The van der Waals surface area contributed by atoms with Crippen molar-refractivity contribution in [2.75, 3.05) is 4.72 Å². The lowest BCUT2D eigenvalue weighted by molar-refractivity contribution is 0.101. The van der Waals surface area contributed by atoms with E-state index in [1.165, 1.54) is 25.3 Å². The van der Waals surface area contributed by atoms with Crippen LogP contribution in [0, 0.1) is 0 Å². The van der Waals surface area contributed by atoms with Gasteiger partial charge >= 0.3 is 0 Å². The Morgan fingerprint density at radius 2 is 1.88 bits per heavy atom. The van der Waals surface area contributed by atoms with Crippen molar-refractivity contribution in [2.24, 2.45) is 0 Å².